The standard InChI is InChI=1S/C30H32N4O3/c1-31-13-10-22(18-31)30(36)33-14-12-27-26(19-33)25-9-8-23(16-28(25)32(27)2)34-15-11-24(17-29(34)35)37-20-21-6-4-3-5-7-21/h3-9,11,15-17,22H,10,12-14,18-20H2,1-2H3. The van der Waals surface area contributed by atoms with Gasteiger partial charge in [0.05, 0.1) is 17.1 Å². The van der Waals surface area contributed by atoms with Crippen LogP contribution in [0.3, 0.4) is 0 Å². The molecule has 4 heterocycles. The minimum absolute atomic E-state index is 0.111. The number of ether oxygens (including phenoxy) is 1. The highest BCUT2D eigenvalue weighted by molar-refractivity contribution is 5.88. The molecule has 0 saturated carbocycles. The third kappa shape index (κ3) is 4.44. The number of hydrogen-bond donors (Lipinski definition) is 0. The van der Waals surface area contributed by atoms with Crippen LogP contribution in [0.1, 0.15) is 23.2 Å². The zero-order valence-corrected chi connectivity index (χ0v) is 21.4. The van der Waals surface area contributed by atoms with Crippen molar-refractivity contribution in [1.82, 2.24) is 18.9 Å². The van der Waals surface area contributed by atoms with E-state index >= 15 is 0 Å². The van der Waals surface area contributed by atoms with Crippen LogP contribution in [0.4, 0.5) is 0 Å². The van der Waals surface area contributed by atoms with Crippen LogP contribution in [0, 0.1) is 5.92 Å². The van der Waals surface area contributed by atoms with Crippen LogP contribution in [-0.4, -0.2) is 51.5 Å². The molecule has 7 heteroatoms. The first-order chi connectivity index (χ1) is 18.0. The molecule has 2 aromatic heterocycles. The fourth-order valence-corrected chi connectivity index (χ4v) is 5.80. The summed E-state index contributed by atoms with van der Waals surface area (Å²) in [6.45, 7) is 3.67. The zero-order valence-electron chi connectivity index (χ0n) is 21.4. The molecule has 0 bridgehead atoms. The Morgan fingerprint density at radius 3 is 2.62 bits per heavy atom. The molecule has 2 aliphatic heterocycles. The number of carbonyl (C=O) groups is 1. The van der Waals surface area contributed by atoms with E-state index in [1.807, 2.05) is 47.4 Å². The van der Waals surface area contributed by atoms with Crippen LogP contribution >= 0.6 is 0 Å². The van der Waals surface area contributed by atoms with Crippen molar-refractivity contribution in [3.63, 3.8) is 0 Å². The van der Waals surface area contributed by atoms with Gasteiger partial charge in [-0.1, -0.05) is 36.4 Å². The summed E-state index contributed by atoms with van der Waals surface area (Å²) in [5, 5.41) is 1.15. The fraction of sp³-hybridized carbons (Fsp3) is 0.333. The molecule has 0 aliphatic carbocycles. The number of benzene rings is 2. The molecule has 0 spiro atoms. The lowest BCUT2D eigenvalue weighted by Gasteiger charge is -2.30. The maximum absolute atomic E-state index is 13.2. The Labute approximate surface area is 216 Å². The molecular weight excluding hydrogens is 464 g/mol. The number of aryl methyl sites for hydroxylation is 1. The highest BCUT2D eigenvalue weighted by Gasteiger charge is 2.33. The fourth-order valence-electron chi connectivity index (χ4n) is 5.80. The van der Waals surface area contributed by atoms with Gasteiger partial charge in [0.1, 0.15) is 12.4 Å². The first-order valence-electron chi connectivity index (χ1n) is 13.0. The lowest BCUT2D eigenvalue weighted by Crippen LogP contribution is -2.40. The number of aromatic nitrogens is 2. The Hall–Kier alpha value is -3.84. The number of nitrogens with zero attached hydrogens (tertiary/aromatic N) is 4. The molecule has 1 fully saturated rings. The molecular formula is C30H32N4O3. The van der Waals surface area contributed by atoms with E-state index in [2.05, 4.69) is 35.7 Å². The van der Waals surface area contributed by atoms with Crippen LogP contribution in [0.2, 0.25) is 0 Å². The van der Waals surface area contributed by atoms with Gasteiger partial charge < -0.3 is 19.1 Å². The van der Waals surface area contributed by atoms with Gasteiger partial charge in [-0.15, -0.1) is 0 Å². The van der Waals surface area contributed by atoms with Gasteiger partial charge in [-0.25, -0.2) is 0 Å². The molecule has 1 saturated heterocycles. The molecule has 0 N–H and O–H groups in total. The van der Waals surface area contributed by atoms with Crippen LogP contribution in [0.15, 0.2) is 71.7 Å². The van der Waals surface area contributed by atoms with Crippen LogP contribution in [-0.2, 0) is 31.4 Å². The average Bonchev–Trinajstić information content (AvgIpc) is 3.48. The van der Waals surface area contributed by atoms with Gasteiger partial charge in [0, 0.05) is 62.0 Å². The predicted molar refractivity (Wildman–Crippen MR) is 144 cm³/mol. The molecule has 1 amide bonds. The molecule has 37 heavy (non-hydrogen) atoms. The molecule has 4 aromatic rings. The van der Waals surface area contributed by atoms with Crippen LogP contribution in [0.5, 0.6) is 5.75 Å². The number of fused-ring (bicyclic) bond motifs is 3. The Bertz CT molecular complexity index is 1520. The van der Waals surface area contributed by atoms with Crippen LogP contribution < -0.4 is 10.3 Å². The second-order valence-corrected chi connectivity index (χ2v) is 10.3. The quantitative estimate of drug-likeness (QED) is 0.422. The molecule has 190 valence electrons. The van der Waals surface area contributed by atoms with Crippen molar-refractivity contribution >= 4 is 16.8 Å². The summed E-state index contributed by atoms with van der Waals surface area (Å²) in [4.78, 5) is 30.4. The van der Waals surface area contributed by atoms with Gasteiger partial charge in [-0.2, -0.15) is 0 Å². The number of pyridine rings is 1. The van der Waals surface area contributed by atoms with Crippen molar-refractivity contribution in [2.75, 3.05) is 26.7 Å². The van der Waals surface area contributed by atoms with E-state index in [0.717, 1.165) is 54.6 Å². The lowest BCUT2D eigenvalue weighted by atomic mass is 10.0. The highest BCUT2D eigenvalue weighted by atomic mass is 16.5. The lowest BCUT2D eigenvalue weighted by molar-refractivity contribution is -0.136. The van der Waals surface area contributed by atoms with E-state index in [1.165, 1.54) is 17.3 Å². The summed E-state index contributed by atoms with van der Waals surface area (Å²) < 4.78 is 9.70. The van der Waals surface area contributed by atoms with E-state index in [0.29, 0.717) is 18.9 Å². The van der Waals surface area contributed by atoms with E-state index in [9.17, 15) is 9.59 Å². The SMILES string of the molecule is CN1CCC(C(=O)N2CCc3c(c4ccc(-n5ccc(OCc6ccccc6)cc5=O)cc4n3C)C2)C1. The second kappa shape index (κ2) is 9.56. The predicted octanol–water partition coefficient (Wildman–Crippen LogP) is 3.74. The smallest absolute Gasteiger partial charge is 0.258 e. The summed E-state index contributed by atoms with van der Waals surface area (Å²) in [6.07, 6.45) is 3.56. The van der Waals surface area contributed by atoms with Crippen molar-refractivity contribution in [3.05, 3.63) is 94.0 Å². The number of amides is 1. The Kier molecular flexibility index (Phi) is 6.08. The third-order valence-electron chi connectivity index (χ3n) is 7.86. The van der Waals surface area contributed by atoms with E-state index in [4.69, 9.17) is 4.74 Å². The number of carbonyl (C=O) groups excluding carboxylic acids is 1. The summed E-state index contributed by atoms with van der Waals surface area (Å²) in [5.74, 6) is 0.947. The summed E-state index contributed by atoms with van der Waals surface area (Å²) in [5.41, 5.74) is 5.31. The number of likely N-dealkylation sites (tertiary alicyclic amines) is 1. The van der Waals surface area contributed by atoms with E-state index in [-0.39, 0.29) is 17.4 Å². The highest BCUT2D eigenvalue weighted by Crippen LogP contribution is 2.32. The molecule has 1 atom stereocenters. The maximum Gasteiger partial charge on any atom is 0.258 e. The Morgan fingerprint density at radius 1 is 1.03 bits per heavy atom. The largest absolute Gasteiger partial charge is 0.489 e. The third-order valence-corrected chi connectivity index (χ3v) is 7.86. The number of hydrogen-bond acceptors (Lipinski definition) is 4. The van der Waals surface area contributed by atoms with E-state index < -0.39 is 0 Å². The van der Waals surface area contributed by atoms with Gasteiger partial charge in [-0.3, -0.25) is 14.2 Å². The van der Waals surface area contributed by atoms with E-state index in [1.54, 1.807) is 10.8 Å². The Morgan fingerprint density at radius 2 is 1.86 bits per heavy atom. The average molecular weight is 497 g/mol. The van der Waals surface area contributed by atoms with Gasteiger partial charge in [0.2, 0.25) is 5.91 Å². The monoisotopic (exact) mass is 496 g/mol. The summed E-state index contributed by atoms with van der Waals surface area (Å²) in [7, 11) is 4.16. The molecule has 7 nitrogen and oxygen atoms in total. The molecule has 1 unspecified atom stereocenters. The van der Waals surface area contributed by atoms with Crippen molar-refractivity contribution in [1.29, 1.82) is 0 Å². The second-order valence-electron chi connectivity index (χ2n) is 10.3. The zero-order chi connectivity index (χ0) is 25.5. The summed E-state index contributed by atoms with van der Waals surface area (Å²) in [6, 6.07) is 19.4. The normalized spacial score (nSPS) is 17.8. The minimum atomic E-state index is -0.137. The molecule has 6 rings (SSSR count). The molecule has 0 radical (unpaired) electrons. The molecule has 2 aliphatic rings. The van der Waals surface area contributed by atoms with Crippen molar-refractivity contribution in [2.45, 2.75) is 26.0 Å². The van der Waals surface area contributed by atoms with Crippen molar-refractivity contribution < 1.29 is 9.53 Å². The van der Waals surface area contributed by atoms with Gasteiger partial charge in [0.15, 0.2) is 0 Å². The summed E-state index contributed by atoms with van der Waals surface area (Å²) >= 11 is 0. The minimum Gasteiger partial charge on any atom is -0.489 e. The van der Waals surface area contributed by atoms with Crippen molar-refractivity contribution in [2.24, 2.45) is 13.0 Å². The maximum atomic E-state index is 13.2. The topological polar surface area (TPSA) is 59.7 Å². The van der Waals surface area contributed by atoms with Crippen LogP contribution in [0.25, 0.3) is 16.6 Å². The first kappa shape index (κ1) is 23.6. The number of rotatable bonds is 5. The Balaban J connectivity index is 1.24. The molecule has 2 aromatic carbocycles. The van der Waals surface area contributed by atoms with Gasteiger partial charge >= 0.3 is 0 Å². The van der Waals surface area contributed by atoms with Gasteiger partial charge in [-0.05, 0) is 43.8 Å². The van der Waals surface area contributed by atoms with Gasteiger partial charge in [0.25, 0.3) is 5.56 Å². The first-order valence-corrected chi connectivity index (χ1v) is 13.0. The van der Waals surface area contributed by atoms with Crippen molar-refractivity contribution in [3.8, 4) is 11.4 Å².